The summed E-state index contributed by atoms with van der Waals surface area (Å²) < 4.78 is 0. The van der Waals surface area contributed by atoms with Crippen LogP contribution >= 0.6 is 0 Å². The van der Waals surface area contributed by atoms with E-state index in [1.165, 1.54) is 0 Å². The number of carbonyl (C=O) groups is 1. The van der Waals surface area contributed by atoms with Crippen LogP contribution in [0.3, 0.4) is 0 Å². The van der Waals surface area contributed by atoms with Gasteiger partial charge in [-0.05, 0) is 30.7 Å². The Bertz CT molecular complexity index is 461. The van der Waals surface area contributed by atoms with Crippen molar-refractivity contribution in [3.8, 4) is 0 Å². The van der Waals surface area contributed by atoms with Crippen molar-refractivity contribution in [1.82, 2.24) is 0 Å². The van der Waals surface area contributed by atoms with E-state index in [4.69, 9.17) is 0 Å². The second kappa shape index (κ2) is 7.90. The maximum atomic E-state index is 10.4. The molecule has 0 bridgehead atoms. The average molecular weight is 242 g/mol. The minimum Gasteiger partial charge on any atom is -0.381 e. The van der Waals surface area contributed by atoms with Gasteiger partial charge in [-0.3, -0.25) is 4.79 Å². The normalized spacial score (nSPS) is 11.3. The molecule has 3 heteroatoms. The van der Waals surface area contributed by atoms with Crippen molar-refractivity contribution in [2.24, 2.45) is 0 Å². The molecule has 0 aliphatic rings. The summed E-state index contributed by atoms with van der Waals surface area (Å²) in [6, 6.07) is 7.55. The third-order valence-electron chi connectivity index (χ3n) is 2.35. The number of benzene rings is 1. The van der Waals surface area contributed by atoms with E-state index in [1.807, 2.05) is 55.5 Å². The first kappa shape index (κ1) is 13.8. The van der Waals surface area contributed by atoms with Crippen LogP contribution in [0.5, 0.6) is 0 Å². The molecular weight excluding hydrogens is 224 g/mol. The summed E-state index contributed by atoms with van der Waals surface area (Å²) in [5, 5.41) is 5.89. The SMILES string of the molecule is C=C/C(=C\C=C/C)CNc1cccc(NC=O)c1. The Kier molecular flexibility index (Phi) is 6.04. The topological polar surface area (TPSA) is 41.1 Å². The molecule has 1 rings (SSSR count). The lowest BCUT2D eigenvalue weighted by atomic mass is 10.2. The predicted octanol–water partition coefficient (Wildman–Crippen LogP) is 3.36. The molecule has 0 aliphatic carbocycles. The molecule has 3 nitrogen and oxygen atoms in total. The fourth-order valence-corrected chi connectivity index (χ4v) is 1.41. The molecule has 1 amide bonds. The van der Waals surface area contributed by atoms with Gasteiger partial charge >= 0.3 is 0 Å². The molecule has 1 aromatic carbocycles. The Hall–Kier alpha value is -2.29. The molecule has 0 radical (unpaired) electrons. The van der Waals surface area contributed by atoms with Crippen LogP contribution in [0, 0.1) is 0 Å². The van der Waals surface area contributed by atoms with E-state index >= 15 is 0 Å². The molecule has 2 N–H and O–H groups in total. The van der Waals surface area contributed by atoms with Gasteiger partial charge in [-0.2, -0.15) is 0 Å². The van der Waals surface area contributed by atoms with Gasteiger partial charge in [-0.1, -0.05) is 36.9 Å². The van der Waals surface area contributed by atoms with Gasteiger partial charge in [0.15, 0.2) is 0 Å². The zero-order chi connectivity index (χ0) is 13.2. The van der Waals surface area contributed by atoms with E-state index in [-0.39, 0.29) is 0 Å². The minimum absolute atomic E-state index is 0.667. The van der Waals surface area contributed by atoms with E-state index in [9.17, 15) is 4.79 Å². The summed E-state index contributed by atoms with van der Waals surface area (Å²) in [7, 11) is 0. The van der Waals surface area contributed by atoms with Gasteiger partial charge in [-0.15, -0.1) is 0 Å². The average Bonchev–Trinajstić information content (AvgIpc) is 2.40. The van der Waals surface area contributed by atoms with E-state index in [1.54, 1.807) is 0 Å². The van der Waals surface area contributed by atoms with Crippen LogP contribution in [0.25, 0.3) is 0 Å². The van der Waals surface area contributed by atoms with E-state index in [0.29, 0.717) is 13.0 Å². The van der Waals surface area contributed by atoms with Crippen LogP contribution in [0.4, 0.5) is 11.4 Å². The van der Waals surface area contributed by atoms with Gasteiger partial charge in [0, 0.05) is 17.9 Å². The molecule has 0 aliphatic heterocycles. The maximum absolute atomic E-state index is 10.4. The molecular formula is C15H18N2O. The number of rotatable bonds is 7. The second-order valence-corrected chi connectivity index (χ2v) is 3.67. The van der Waals surface area contributed by atoms with Crippen molar-refractivity contribution in [3.05, 3.63) is 60.7 Å². The number of carbonyl (C=O) groups excluding carboxylic acids is 1. The monoisotopic (exact) mass is 242 g/mol. The van der Waals surface area contributed by atoms with Crippen LogP contribution in [0.2, 0.25) is 0 Å². The van der Waals surface area contributed by atoms with E-state index < -0.39 is 0 Å². The van der Waals surface area contributed by atoms with Gasteiger partial charge in [0.1, 0.15) is 0 Å². The molecule has 0 unspecified atom stereocenters. The molecule has 0 heterocycles. The van der Waals surface area contributed by atoms with Crippen molar-refractivity contribution < 1.29 is 4.79 Å². The lowest BCUT2D eigenvalue weighted by molar-refractivity contribution is -0.105. The van der Waals surface area contributed by atoms with Gasteiger partial charge in [0.05, 0.1) is 0 Å². The Balaban J connectivity index is 2.64. The minimum atomic E-state index is 0.667. The molecule has 0 saturated carbocycles. The lowest BCUT2D eigenvalue weighted by Gasteiger charge is -2.08. The van der Waals surface area contributed by atoms with Crippen LogP contribution in [-0.4, -0.2) is 13.0 Å². The quantitative estimate of drug-likeness (QED) is 0.568. The molecule has 0 saturated heterocycles. The fraction of sp³-hybridized carbons (Fsp3) is 0.133. The molecule has 0 spiro atoms. The van der Waals surface area contributed by atoms with Crippen LogP contribution < -0.4 is 10.6 Å². The summed E-state index contributed by atoms with van der Waals surface area (Å²) in [5.74, 6) is 0. The van der Waals surface area contributed by atoms with E-state index in [2.05, 4.69) is 17.2 Å². The van der Waals surface area contributed by atoms with Crippen molar-refractivity contribution in [2.75, 3.05) is 17.2 Å². The van der Waals surface area contributed by atoms with Crippen LogP contribution in [0.1, 0.15) is 6.92 Å². The molecule has 0 atom stereocenters. The van der Waals surface area contributed by atoms with Crippen molar-refractivity contribution in [1.29, 1.82) is 0 Å². The van der Waals surface area contributed by atoms with E-state index in [0.717, 1.165) is 16.9 Å². The smallest absolute Gasteiger partial charge is 0.211 e. The highest BCUT2D eigenvalue weighted by Crippen LogP contribution is 2.14. The molecule has 94 valence electrons. The number of hydrogen-bond donors (Lipinski definition) is 2. The first-order valence-electron chi connectivity index (χ1n) is 5.78. The first-order valence-corrected chi connectivity index (χ1v) is 5.78. The standard InChI is InChI=1S/C15H18N2O/c1-3-5-7-13(4-2)11-16-14-8-6-9-15(10-14)17-12-18/h3-10,12,16H,2,11H2,1H3,(H,17,18)/b5-3-,13-7+. The summed E-state index contributed by atoms with van der Waals surface area (Å²) in [6.45, 7) is 6.44. The van der Waals surface area contributed by atoms with Gasteiger partial charge in [0.2, 0.25) is 6.41 Å². The predicted molar refractivity (Wildman–Crippen MR) is 77.7 cm³/mol. The van der Waals surface area contributed by atoms with Crippen LogP contribution in [0.15, 0.2) is 60.7 Å². The van der Waals surface area contributed by atoms with Crippen molar-refractivity contribution in [2.45, 2.75) is 6.92 Å². The summed E-state index contributed by atoms with van der Waals surface area (Å²) in [5.41, 5.74) is 2.82. The highest BCUT2D eigenvalue weighted by Gasteiger charge is 1.95. The maximum Gasteiger partial charge on any atom is 0.211 e. The third kappa shape index (κ3) is 4.70. The molecule has 1 aromatic rings. The summed E-state index contributed by atoms with van der Waals surface area (Å²) in [4.78, 5) is 10.4. The Morgan fingerprint density at radius 1 is 1.39 bits per heavy atom. The lowest BCUT2D eigenvalue weighted by Crippen LogP contribution is -2.03. The summed E-state index contributed by atoms with van der Waals surface area (Å²) >= 11 is 0. The Morgan fingerprint density at radius 2 is 2.17 bits per heavy atom. The zero-order valence-corrected chi connectivity index (χ0v) is 10.5. The van der Waals surface area contributed by atoms with Crippen molar-refractivity contribution >= 4 is 17.8 Å². The first-order chi connectivity index (χ1) is 8.80. The van der Waals surface area contributed by atoms with Gasteiger partial charge in [0.25, 0.3) is 0 Å². The molecule has 18 heavy (non-hydrogen) atoms. The fourth-order valence-electron chi connectivity index (χ4n) is 1.41. The largest absolute Gasteiger partial charge is 0.381 e. The Morgan fingerprint density at radius 3 is 2.83 bits per heavy atom. The highest BCUT2D eigenvalue weighted by molar-refractivity contribution is 5.73. The third-order valence-corrected chi connectivity index (χ3v) is 2.35. The molecule has 0 aromatic heterocycles. The number of nitrogens with one attached hydrogen (secondary N) is 2. The van der Waals surface area contributed by atoms with Crippen molar-refractivity contribution in [3.63, 3.8) is 0 Å². The zero-order valence-electron chi connectivity index (χ0n) is 10.5. The second-order valence-electron chi connectivity index (χ2n) is 3.67. The summed E-state index contributed by atoms with van der Waals surface area (Å²) in [6.07, 6.45) is 8.44. The molecule has 0 fully saturated rings. The number of amides is 1. The van der Waals surface area contributed by atoms with Gasteiger partial charge < -0.3 is 10.6 Å². The highest BCUT2D eigenvalue weighted by atomic mass is 16.1. The van der Waals surface area contributed by atoms with Crippen LogP contribution in [-0.2, 0) is 4.79 Å². The van der Waals surface area contributed by atoms with Gasteiger partial charge in [-0.25, -0.2) is 0 Å². The number of anilines is 2. The Labute approximate surface area is 108 Å². The number of hydrogen-bond acceptors (Lipinski definition) is 2. The number of allylic oxidation sites excluding steroid dienone is 3.